The molecule has 0 aliphatic heterocycles. The van der Waals surface area contributed by atoms with E-state index in [9.17, 15) is 19.5 Å². The van der Waals surface area contributed by atoms with Crippen LogP contribution in [0.25, 0.3) is 0 Å². The van der Waals surface area contributed by atoms with Gasteiger partial charge in [0.05, 0.1) is 40.3 Å². The van der Waals surface area contributed by atoms with Crippen LogP contribution in [0.2, 0.25) is 0 Å². The van der Waals surface area contributed by atoms with Crippen LogP contribution in [0.4, 0.5) is 0 Å². The molecule has 0 saturated carbocycles. The Hall–Kier alpha value is -4.57. The zero-order valence-corrected chi connectivity index (χ0v) is 50.9. The number of quaternary nitrogens is 1. The molecule has 9 heteroatoms. The Morgan fingerprint density at radius 3 is 1.08 bits per heavy atom. The number of carboxylic acids is 1. The fourth-order valence-corrected chi connectivity index (χ4v) is 8.09. The Labute approximate surface area is 484 Å². The van der Waals surface area contributed by atoms with Crippen molar-refractivity contribution in [1.82, 2.24) is 0 Å². The maximum Gasteiger partial charge on any atom is 0.306 e. The van der Waals surface area contributed by atoms with E-state index in [1.54, 1.807) is 0 Å². The molecule has 79 heavy (non-hydrogen) atoms. The van der Waals surface area contributed by atoms with Crippen molar-refractivity contribution >= 4 is 17.9 Å². The number of carbonyl (C=O) groups is 3. The first-order chi connectivity index (χ1) is 38.6. The Balaban J connectivity index is 4.30. The fourth-order valence-electron chi connectivity index (χ4n) is 8.09. The number of carboxylic acid groups (broad SMARTS) is 1. The molecule has 0 heterocycles. The van der Waals surface area contributed by atoms with Crippen LogP contribution in [0.1, 0.15) is 232 Å². The molecule has 9 nitrogen and oxygen atoms in total. The molecule has 0 saturated heterocycles. The Morgan fingerprint density at radius 2 is 0.722 bits per heavy atom. The van der Waals surface area contributed by atoms with Gasteiger partial charge in [-0.3, -0.25) is 9.59 Å². The Bertz CT molecular complexity index is 1750. The highest BCUT2D eigenvalue weighted by atomic mass is 16.7. The van der Waals surface area contributed by atoms with Gasteiger partial charge >= 0.3 is 11.9 Å². The summed E-state index contributed by atoms with van der Waals surface area (Å²) in [5, 5.41) is 11.8. The normalized spacial score (nSPS) is 13.7. The second-order valence-corrected chi connectivity index (χ2v) is 21.6. The highest BCUT2D eigenvalue weighted by Crippen LogP contribution is 2.14. The van der Waals surface area contributed by atoms with Gasteiger partial charge in [0.25, 0.3) is 0 Å². The van der Waals surface area contributed by atoms with Gasteiger partial charge in [-0.05, 0) is 116 Å². The summed E-state index contributed by atoms with van der Waals surface area (Å²) in [5.41, 5.74) is 0. The molecule has 0 aliphatic carbocycles. The average Bonchev–Trinajstić information content (AvgIpc) is 3.42. The summed E-state index contributed by atoms with van der Waals surface area (Å²) in [6.07, 6.45) is 82.1. The van der Waals surface area contributed by atoms with Crippen molar-refractivity contribution in [3.63, 3.8) is 0 Å². The summed E-state index contributed by atoms with van der Waals surface area (Å²) in [4.78, 5) is 37.4. The van der Waals surface area contributed by atoms with Crippen LogP contribution in [-0.4, -0.2) is 82.3 Å². The Morgan fingerprint density at radius 1 is 0.392 bits per heavy atom. The summed E-state index contributed by atoms with van der Waals surface area (Å²) >= 11 is 0. The minimum Gasteiger partial charge on any atom is -0.545 e. The SMILES string of the molecule is CC/C=C\C/C=C\C/C=C\C/C=C\C/C=C\C/C=C\C/C=C\C/C=C\C/C=C\CCCCCCCC(=O)OC(COC(=O)CCCCCCCCCCC/C=C\C/C=C\CCCCCCC)COC(OCC[N+](C)(C)C)C(=O)[O-]. The lowest BCUT2D eigenvalue weighted by atomic mass is 10.1. The maximum absolute atomic E-state index is 12.9. The zero-order chi connectivity index (χ0) is 57.6. The molecule has 0 N–H and O–H groups in total. The van der Waals surface area contributed by atoms with Gasteiger partial charge in [-0.25, -0.2) is 0 Å². The smallest absolute Gasteiger partial charge is 0.306 e. The number of aliphatic carboxylic acids is 1. The lowest BCUT2D eigenvalue weighted by molar-refractivity contribution is -0.870. The van der Waals surface area contributed by atoms with Gasteiger partial charge in [0.15, 0.2) is 12.4 Å². The van der Waals surface area contributed by atoms with Gasteiger partial charge in [-0.1, -0.05) is 237 Å². The topological polar surface area (TPSA) is 111 Å². The third kappa shape index (κ3) is 60.9. The number of hydrogen-bond donors (Lipinski definition) is 0. The van der Waals surface area contributed by atoms with Gasteiger partial charge in [0.1, 0.15) is 13.2 Å². The summed E-state index contributed by atoms with van der Waals surface area (Å²) < 4.78 is 22.7. The first-order valence-electron chi connectivity index (χ1n) is 31.3. The molecule has 0 amide bonds. The number of allylic oxidation sites excluding steroid dienone is 22. The summed E-state index contributed by atoms with van der Waals surface area (Å²) in [6.45, 7) is 4.58. The second-order valence-electron chi connectivity index (χ2n) is 21.6. The lowest BCUT2D eigenvalue weighted by Crippen LogP contribution is -2.44. The van der Waals surface area contributed by atoms with E-state index >= 15 is 0 Å². The quantitative estimate of drug-likeness (QED) is 0.0195. The lowest BCUT2D eigenvalue weighted by Gasteiger charge is -2.26. The number of unbranched alkanes of at least 4 members (excludes halogenated alkanes) is 19. The number of rotatable bonds is 56. The van der Waals surface area contributed by atoms with E-state index in [1.165, 1.54) is 70.6 Å². The van der Waals surface area contributed by atoms with Crippen molar-refractivity contribution in [1.29, 1.82) is 0 Å². The van der Waals surface area contributed by atoms with Crippen molar-refractivity contribution in [2.24, 2.45) is 0 Å². The minimum atomic E-state index is -1.64. The molecule has 0 aromatic heterocycles. The molecule has 2 unspecified atom stereocenters. The molecular formula is C70H115NO8. The van der Waals surface area contributed by atoms with Crippen molar-refractivity contribution in [3.8, 4) is 0 Å². The van der Waals surface area contributed by atoms with E-state index in [0.29, 0.717) is 17.4 Å². The van der Waals surface area contributed by atoms with E-state index in [-0.39, 0.29) is 38.6 Å². The summed E-state index contributed by atoms with van der Waals surface area (Å²) in [7, 11) is 5.91. The molecule has 448 valence electrons. The van der Waals surface area contributed by atoms with Crippen LogP contribution >= 0.6 is 0 Å². The van der Waals surface area contributed by atoms with Crippen LogP contribution in [0, 0.1) is 0 Å². The van der Waals surface area contributed by atoms with Crippen molar-refractivity contribution in [3.05, 3.63) is 134 Å². The van der Waals surface area contributed by atoms with E-state index in [1.807, 2.05) is 21.1 Å². The van der Waals surface area contributed by atoms with E-state index in [2.05, 4.69) is 148 Å². The molecule has 0 aromatic carbocycles. The number of likely N-dealkylation sites (N-methyl/N-ethyl adjacent to an activating group) is 1. The standard InChI is InChI=1S/C70H115NO8/c1-6-8-10-12-14-16-18-20-22-24-26-28-29-30-31-32-33-34-35-36-37-38-39-41-43-45-47-49-51-53-55-57-59-61-68(73)79-66(65-78-70(69(74)75)76-63-62-71(3,4)5)64-77-67(72)60-58-56-54-52-50-48-46-44-42-40-27-25-23-21-19-17-15-13-11-9-7-2/h8,10,14,16,19-22,25-28,30-31,33-34,36-37,39,41,45,47,66,70H,6-7,9,11-13,15,17-18,23-24,29,32,35,38,40,42-44,46,48-65H2,1-5H3/b10-8-,16-14-,21-19-,22-20-,27-25-,28-26-,31-30-,34-33-,37-36-,41-39-,47-45-. The monoisotopic (exact) mass is 1100 g/mol. The molecule has 0 radical (unpaired) electrons. The van der Waals surface area contributed by atoms with E-state index in [4.69, 9.17) is 18.9 Å². The van der Waals surface area contributed by atoms with Gasteiger partial charge in [-0.15, -0.1) is 0 Å². The predicted molar refractivity (Wildman–Crippen MR) is 333 cm³/mol. The first kappa shape index (κ1) is 74.4. The molecule has 0 fully saturated rings. The number of nitrogens with zero attached hydrogens (tertiary/aromatic N) is 1. The molecule has 0 aromatic rings. The van der Waals surface area contributed by atoms with Crippen molar-refractivity contribution < 1.29 is 42.9 Å². The summed E-state index contributed by atoms with van der Waals surface area (Å²) in [6, 6.07) is 0. The van der Waals surface area contributed by atoms with Crippen LogP contribution in [0.5, 0.6) is 0 Å². The third-order valence-electron chi connectivity index (χ3n) is 12.9. The number of esters is 2. The zero-order valence-electron chi connectivity index (χ0n) is 50.9. The van der Waals surface area contributed by atoms with Crippen LogP contribution in [-0.2, 0) is 33.3 Å². The Kier molecular flexibility index (Phi) is 56.1. The van der Waals surface area contributed by atoms with Crippen molar-refractivity contribution in [2.75, 3.05) is 47.5 Å². The number of ether oxygens (including phenoxy) is 4. The highest BCUT2D eigenvalue weighted by Gasteiger charge is 2.22. The second kappa shape index (κ2) is 59.5. The summed E-state index contributed by atoms with van der Waals surface area (Å²) in [5.74, 6) is -2.33. The number of carbonyl (C=O) groups excluding carboxylic acids is 3. The third-order valence-corrected chi connectivity index (χ3v) is 12.9. The van der Waals surface area contributed by atoms with Gasteiger partial charge < -0.3 is 33.3 Å². The maximum atomic E-state index is 12.9. The van der Waals surface area contributed by atoms with Gasteiger partial charge in [0.2, 0.25) is 0 Å². The highest BCUT2D eigenvalue weighted by molar-refractivity contribution is 5.70. The molecular weight excluding hydrogens is 983 g/mol. The average molecular weight is 1100 g/mol. The number of hydrogen-bond acceptors (Lipinski definition) is 8. The molecule has 0 aliphatic rings. The van der Waals surface area contributed by atoms with Gasteiger partial charge in [-0.2, -0.15) is 0 Å². The molecule has 0 spiro atoms. The predicted octanol–water partition coefficient (Wildman–Crippen LogP) is 17.7. The molecule has 0 rings (SSSR count). The minimum absolute atomic E-state index is 0.136. The molecule has 2 atom stereocenters. The fraction of sp³-hybridized carbons (Fsp3) is 0.643. The van der Waals surface area contributed by atoms with Crippen LogP contribution in [0.3, 0.4) is 0 Å². The first-order valence-corrected chi connectivity index (χ1v) is 31.3. The van der Waals surface area contributed by atoms with E-state index < -0.39 is 24.3 Å². The van der Waals surface area contributed by atoms with Crippen LogP contribution < -0.4 is 5.11 Å². The van der Waals surface area contributed by atoms with Crippen molar-refractivity contribution in [2.45, 2.75) is 245 Å². The largest absolute Gasteiger partial charge is 0.545 e. The van der Waals surface area contributed by atoms with Crippen LogP contribution in [0.15, 0.2) is 134 Å². The van der Waals surface area contributed by atoms with E-state index in [0.717, 1.165) is 128 Å². The molecule has 0 bridgehead atoms. The van der Waals surface area contributed by atoms with Gasteiger partial charge in [0, 0.05) is 12.8 Å².